The number of carboxylic acid groups (broad SMARTS) is 1. The van der Waals surface area contributed by atoms with Gasteiger partial charge in [0.2, 0.25) is 5.89 Å². The molecule has 2 aromatic heterocycles. The molecule has 4 nitrogen and oxygen atoms in total. The van der Waals surface area contributed by atoms with Crippen LogP contribution in [0.15, 0.2) is 21.9 Å². The van der Waals surface area contributed by atoms with Gasteiger partial charge in [0, 0.05) is 0 Å². The molecule has 2 rings (SSSR count). The van der Waals surface area contributed by atoms with Crippen LogP contribution in [0.1, 0.15) is 11.5 Å². The fourth-order valence-electron chi connectivity index (χ4n) is 1.24. The van der Waals surface area contributed by atoms with Gasteiger partial charge in [-0.1, -0.05) is 6.07 Å². The number of carboxylic acids is 1. The van der Waals surface area contributed by atoms with Gasteiger partial charge < -0.3 is 9.52 Å². The summed E-state index contributed by atoms with van der Waals surface area (Å²) >= 11 is 1.51. The largest absolute Gasteiger partial charge is 0.481 e. The summed E-state index contributed by atoms with van der Waals surface area (Å²) in [6.45, 7) is 1.72. The standard InChI is InChI=1S/C10H9NO3S/c1-6-7(5-9(12)13)11-10(14-6)8-3-2-4-15-8/h2-4H,5H2,1H3,(H,12,13). The van der Waals surface area contributed by atoms with E-state index in [2.05, 4.69) is 4.98 Å². The second-order valence-corrected chi connectivity index (χ2v) is 4.02. The van der Waals surface area contributed by atoms with Gasteiger partial charge in [-0.2, -0.15) is 0 Å². The predicted octanol–water partition coefficient (Wildman–Crippen LogP) is 2.34. The molecule has 2 aromatic rings. The van der Waals surface area contributed by atoms with Crippen molar-refractivity contribution in [2.24, 2.45) is 0 Å². The minimum atomic E-state index is -0.899. The predicted molar refractivity (Wildman–Crippen MR) is 55.9 cm³/mol. The van der Waals surface area contributed by atoms with Crippen LogP contribution in [0.25, 0.3) is 10.8 Å². The topological polar surface area (TPSA) is 63.3 Å². The zero-order chi connectivity index (χ0) is 10.8. The highest BCUT2D eigenvalue weighted by Gasteiger charge is 2.14. The lowest BCUT2D eigenvalue weighted by molar-refractivity contribution is -0.136. The third-order valence-corrected chi connectivity index (χ3v) is 2.80. The summed E-state index contributed by atoms with van der Waals surface area (Å²) in [7, 11) is 0. The van der Waals surface area contributed by atoms with Crippen LogP contribution in [-0.2, 0) is 11.2 Å². The molecule has 0 saturated carbocycles. The van der Waals surface area contributed by atoms with Crippen LogP contribution in [0.3, 0.4) is 0 Å². The van der Waals surface area contributed by atoms with E-state index in [1.54, 1.807) is 6.92 Å². The number of hydrogen-bond donors (Lipinski definition) is 1. The molecule has 0 unspecified atom stereocenters. The minimum absolute atomic E-state index is 0.0965. The van der Waals surface area contributed by atoms with Gasteiger partial charge >= 0.3 is 5.97 Å². The van der Waals surface area contributed by atoms with Crippen LogP contribution < -0.4 is 0 Å². The van der Waals surface area contributed by atoms with Crippen molar-refractivity contribution in [2.45, 2.75) is 13.3 Å². The highest BCUT2D eigenvalue weighted by molar-refractivity contribution is 7.13. The Labute approximate surface area is 90.2 Å². The van der Waals surface area contributed by atoms with Crippen molar-refractivity contribution in [1.29, 1.82) is 0 Å². The molecule has 5 heteroatoms. The smallest absolute Gasteiger partial charge is 0.309 e. The zero-order valence-corrected chi connectivity index (χ0v) is 8.87. The van der Waals surface area contributed by atoms with Gasteiger partial charge in [-0.15, -0.1) is 11.3 Å². The first-order chi connectivity index (χ1) is 7.16. The van der Waals surface area contributed by atoms with Gasteiger partial charge in [-0.05, 0) is 18.4 Å². The number of oxazole rings is 1. The molecule has 0 fully saturated rings. The van der Waals surface area contributed by atoms with E-state index in [9.17, 15) is 4.79 Å². The SMILES string of the molecule is Cc1oc(-c2cccs2)nc1CC(=O)O. The Morgan fingerprint density at radius 3 is 3.07 bits per heavy atom. The lowest BCUT2D eigenvalue weighted by Crippen LogP contribution is -2.01. The van der Waals surface area contributed by atoms with Crippen LogP contribution in [0.5, 0.6) is 0 Å². The molecule has 0 aromatic carbocycles. The van der Waals surface area contributed by atoms with Crippen molar-refractivity contribution < 1.29 is 14.3 Å². The Kier molecular flexibility index (Phi) is 2.55. The van der Waals surface area contributed by atoms with E-state index >= 15 is 0 Å². The van der Waals surface area contributed by atoms with Crippen LogP contribution in [0.4, 0.5) is 0 Å². The van der Waals surface area contributed by atoms with E-state index in [1.165, 1.54) is 11.3 Å². The van der Waals surface area contributed by atoms with Crippen LogP contribution in [-0.4, -0.2) is 16.1 Å². The van der Waals surface area contributed by atoms with E-state index in [-0.39, 0.29) is 6.42 Å². The van der Waals surface area contributed by atoms with Gasteiger partial charge in [-0.25, -0.2) is 4.98 Å². The van der Waals surface area contributed by atoms with Crippen molar-refractivity contribution in [3.8, 4) is 10.8 Å². The maximum absolute atomic E-state index is 10.5. The first kappa shape index (κ1) is 9.92. The van der Waals surface area contributed by atoms with Crippen molar-refractivity contribution in [3.05, 3.63) is 29.0 Å². The monoisotopic (exact) mass is 223 g/mol. The number of carbonyl (C=O) groups is 1. The average Bonchev–Trinajstić information content (AvgIpc) is 2.75. The molecule has 0 spiro atoms. The molecule has 15 heavy (non-hydrogen) atoms. The summed E-state index contributed by atoms with van der Waals surface area (Å²) in [4.78, 5) is 15.6. The Morgan fingerprint density at radius 2 is 2.47 bits per heavy atom. The lowest BCUT2D eigenvalue weighted by atomic mass is 10.3. The molecule has 0 radical (unpaired) electrons. The number of aliphatic carboxylic acids is 1. The van der Waals surface area contributed by atoms with Crippen LogP contribution in [0.2, 0.25) is 0 Å². The first-order valence-electron chi connectivity index (χ1n) is 4.39. The number of aromatic nitrogens is 1. The van der Waals surface area contributed by atoms with Gasteiger partial charge in [0.1, 0.15) is 5.76 Å². The van der Waals surface area contributed by atoms with Gasteiger partial charge in [-0.3, -0.25) is 4.79 Å². The fourth-order valence-corrected chi connectivity index (χ4v) is 1.89. The summed E-state index contributed by atoms with van der Waals surface area (Å²) in [6, 6.07) is 3.79. The van der Waals surface area contributed by atoms with Crippen molar-refractivity contribution in [2.75, 3.05) is 0 Å². The van der Waals surface area contributed by atoms with E-state index in [0.717, 1.165) is 4.88 Å². The number of thiophene rings is 1. The molecule has 78 valence electrons. The average molecular weight is 223 g/mol. The second-order valence-electron chi connectivity index (χ2n) is 3.07. The highest BCUT2D eigenvalue weighted by atomic mass is 32.1. The van der Waals surface area contributed by atoms with Gasteiger partial charge in [0.25, 0.3) is 0 Å². The quantitative estimate of drug-likeness (QED) is 0.867. The van der Waals surface area contributed by atoms with Crippen molar-refractivity contribution >= 4 is 17.3 Å². The van der Waals surface area contributed by atoms with Crippen LogP contribution >= 0.6 is 11.3 Å². The second kappa shape index (κ2) is 3.86. The van der Waals surface area contributed by atoms with E-state index in [4.69, 9.17) is 9.52 Å². The zero-order valence-electron chi connectivity index (χ0n) is 8.06. The molecule has 1 N–H and O–H groups in total. The number of rotatable bonds is 3. The van der Waals surface area contributed by atoms with Crippen molar-refractivity contribution in [1.82, 2.24) is 4.98 Å². The summed E-state index contributed by atoms with van der Waals surface area (Å²) in [5.74, 6) is 0.170. The Hall–Kier alpha value is -1.62. The molecule has 0 aliphatic carbocycles. The maximum atomic E-state index is 10.5. The highest BCUT2D eigenvalue weighted by Crippen LogP contribution is 2.25. The van der Waals surface area contributed by atoms with E-state index < -0.39 is 5.97 Å². The first-order valence-corrected chi connectivity index (χ1v) is 5.27. The molecule has 0 amide bonds. The lowest BCUT2D eigenvalue weighted by Gasteiger charge is -1.88. The Bertz CT molecular complexity index is 473. The third-order valence-electron chi connectivity index (χ3n) is 1.94. The van der Waals surface area contributed by atoms with Gasteiger partial charge in [0.15, 0.2) is 0 Å². The molecule has 0 atom stereocenters. The molecule has 2 heterocycles. The van der Waals surface area contributed by atoms with Gasteiger partial charge in [0.05, 0.1) is 17.0 Å². The third kappa shape index (κ3) is 2.07. The van der Waals surface area contributed by atoms with Crippen LogP contribution in [0, 0.1) is 6.92 Å². The fraction of sp³-hybridized carbons (Fsp3) is 0.200. The number of nitrogens with zero attached hydrogens (tertiary/aromatic N) is 1. The Balaban J connectivity index is 2.33. The summed E-state index contributed by atoms with van der Waals surface area (Å²) in [5, 5.41) is 10.6. The summed E-state index contributed by atoms with van der Waals surface area (Å²) < 4.78 is 5.40. The maximum Gasteiger partial charge on any atom is 0.309 e. The number of hydrogen-bond acceptors (Lipinski definition) is 4. The van der Waals surface area contributed by atoms with E-state index in [1.807, 2.05) is 17.5 Å². The molecular weight excluding hydrogens is 214 g/mol. The van der Waals surface area contributed by atoms with Crippen molar-refractivity contribution in [3.63, 3.8) is 0 Å². The Morgan fingerprint density at radius 1 is 1.67 bits per heavy atom. The normalized spacial score (nSPS) is 10.5. The molecular formula is C10H9NO3S. The molecule has 0 saturated heterocycles. The number of aryl methyl sites for hydroxylation is 1. The molecule has 0 aliphatic heterocycles. The van der Waals surface area contributed by atoms with E-state index in [0.29, 0.717) is 17.3 Å². The molecule has 0 aliphatic rings. The summed E-state index contributed by atoms with van der Waals surface area (Å²) in [5.41, 5.74) is 0.492. The molecule has 0 bridgehead atoms. The summed E-state index contributed by atoms with van der Waals surface area (Å²) in [6.07, 6.45) is -0.0965. The minimum Gasteiger partial charge on any atom is -0.481 e.